The van der Waals surface area contributed by atoms with Crippen molar-refractivity contribution in [1.29, 1.82) is 0 Å². The molecule has 6 nitrogen and oxygen atoms in total. The zero-order valence-electron chi connectivity index (χ0n) is 15.9. The molecule has 1 aromatic rings. The zero-order valence-corrected chi connectivity index (χ0v) is 15.9. The summed E-state index contributed by atoms with van der Waals surface area (Å²) in [4.78, 5) is 24.9. The minimum atomic E-state index is -0.735. The van der Waals surface area contributed by atoms with E-state index in [1.807, 2.05) is 0 Å². The van der Waals surface area contributed by atoms with E-state index in [1.54, 1.807) is 7.05 Å². The van der Waals surface area contributed by atoms with E-state index in [0.29, 0.717) is 12.8 Å². The molecule has 4 fully saturated rings. The van der Waals surface area contributed by atoms with Gasteiger partial charge < -0.3 is 20.7 Å². The molecule has 2 amide bonds. The van der Waals surface area contributed by atoms with Crippen molar-refractivity contribution < 1.29 is 23.1 Å². The highest BCUT2D eigenvalue weighted by molar-refractivity contribution is 5.86. The molecule has 152 valence electrons. The Balaban J connectivity index is 1.44. The zero-order chi connectivity index (χ0) is 20.0. The SMILES string of the molecule is CNC(=O)C12CC(CNC(=O)Cc3c(F)cccc3F)(C1)OC21CCNCC1. The number of carbonyl (C=O) groups is 2. The first-order valence-corrected chi connectivity index (χ1v) is 9.68. The quantitative estimate of drug-likeness (QED) is 0.699. The smallest absolute Gasteiger partial charge is 0.229 e. The fourth-order valence-electron chi connectivity index (χ4n) is 5.32. The number of benzene rings is 1. The highest BCUT2D eigenvalue weighted by atomic mass is 19.1. The van der Waals surface area contributed by atoms with Crippen LogP contribution in [0.5, 0.6) is 0 Å². The van der Waals surface area contributed by atoms with Gasteiger partial charge in [0, 0.05) is 19.2 Å². The van der Waals surface area contributed by atoms with Crippen LogP contribution in [0.25, 0.3) is 0 Å². The van der Waals surface area contributed by atoms with E-state index in [0.717, 1.165) is 38.1 Å². The topological polar surface area (TPSA) is 79.5 Å². The van der Waals surface area contributed by atoms with E-state index in [4.69, 9.17) is 4.74 Å². The molecule has 0 aromatic heterocycles. The van der Waals surface area contributed by atoms with E-state index in [2.05, 4.69) is 16.0 Å². The van der Waals surface area contributed by atoms with Gasteiger partial charge in [-0.15, -0.1) is 0 Å². The van der Waals surface area contributed by atoms with Crippen LogP contribution in [0.15, 0.2) is 18.2 Å². The number of rotatable bonds is 5. The van der Waals surface area contributed by atoms with E-state index < -0.39 is 34.2 Å². The van der Waals surface area contributed by atoms with E-state index >= 15 is 0 Å². The Morgan fingerprint density at radius 1 is 1.18 bits per heavy atom. The van der Waals surface area contributed by atoms with Gasteiger partial charge in [-0.3, -0.25) is 9.59 Å². The Kier molecular flexibility index (Phi) is 4.66. The van der Waals surface area contributed by atoms with Gasteiger partial charge in [-0.05, 0) is 50.9 Å². The van der Waals surface area contributed by atoms with Crippen LogP contribution >= 0.6 is 0 Å². The Hall–Kier alpha value is -2.06. The van der Waals surface area contributed by atoms with Crippen molar-refractivity contribution in [2.75, 3.05) is 26.7 Å². The first-order valence-electron chi connectivity index (χ1n) is 9.68. The predicted octanol–water partition coefficient (Wildman–Crippen LogP) is 1.04. The van der Waals surface area contributed by atoms with Gasteiger partial charge in [-0.1, -0.05) is 6.07 Å². The van der Waals surface area contributed by atoms with Crippen LogP contribution in [0, 0.1) is 17.0 Å². The molecule has 1 aliphatic carbocycles. The van der Waals surface area contributed by atoms with Crippen molar-refractivity contribution in [1.82, 2.24) is 16.0 Å². The molecule has 3 aliphatic heterocycles. The third-order valence-electron chi connectivity index (χ3n) is 6.61. The molecule has 1 spiro atoms. The number of piperidine rings is 1. The Labute approximate surface area is 162 Å². The maximum atomic E-state index is 13.8. The van der Waals surface area contributed by atoms with Gasteiger partial charge in [0.1, 0.15) is 11.6 Å². The molecular weight excluding hydrogens is 368 g/mol. The van der Waals surface area contributed by atoms with Gasteiger partial charge in [0.05, 0.1) is 23.0 Å². The van der Waals surface area contributed by atoms with Gasteiger partial charge in [0.25, 0.3) is 0 Å². The van der Waals surface area contributed by atoms with E-state index in [9.17, 15) is 18.4 Å². The molecular formula is C20H25F2N3O3. The predicted molar refractivity (Wildman–Crippen MR) is 97.5 cm³/mol. The van der Waals surface area contributed by atoms with Crippen molar-refractivity contribution in [3.8, 4) is 0 Å². The van der Waals surface area contributed by atoms with Crippen molar-refractivity contribution in [3.05, 3.63) is 35.4 Å². The van der Waals surface area contributed by atoms with Gasteiger partial charge in [0.2, 0.25) is 11.8 Å². The number of hydrogen-bond acceptors (Lipinski definition) is 4. The summed E-state index contributed by atoms with van der Waals surface area (Å²) in [6, 6.07) is 3.53. The summed E-state index contributed by atoms with van der Waals surface area (Å²) in [6.45, 7) is 1.80. The number of hydrogen-bond donors (Lipinski definition) is 3. The second-order valence-corrected chi connectivity index (χ2v) is 8.20. The number of nitrogens with one attached hydrogen (secondary N) is 3. The Bertz CT molecular complexity index is 782. The van der Waals surface area contributed by atoms with E-state index in [1.165, 1.54) is 6.07 Å². The van der Waals surface area contributed by atoms with Gasteiger partial charge in [-0.2, -0.15) is 0 Å². The summed E-state index contributed by atoms with van der Waals surface area (Å²) in [5, 5.41) is 8.83. The summed E-state index contributed by atoms with van der Waals surface area (Å²) in [5.41, 5.74) is -1.91. The summed E-state index contributed by atoms with van der Waals surface area (Å²) in [7, 11) is 1.63. The van der Waals surface area contributed by atoms with Crippen LogP contribution in [0.1, 0.15) is 31.2 Å². The number of ether oxygens (including phenoxy) is 1. The maximum Gasteiger partial charge on any atom is 0.229 e. The fourth-order valence-corrected chi connectivity index (χ4v) is 5.32. The fraction of sp³-hybridized carbons (Fsp3) is 0.600. The average molecular weight is 393 g/mol. The van der Waals surface area contributed by atoms with E-state index in [-0.39, 0.29) is 24.4 Å². The lowest BCUT2D eigenvalue weighted by atomic mass is 9.53. The van der Waals surface area contributed by atoms with Crippen molar-refractivity contribution in [2.45, 2.75) is 43.3 Å². The lowest BCUT2D eigenvalue weighted by Gasteiger charge is -2.47. The lowest BCUT2D eigenvalue weighted by Crippen LogP contribution is -2.61. The molecule has 0 atom stereocenters. The number of carbonyl (C=O) groups excluding carboxylic acids is 2. The normalized spacial score (nSPS) is 30.0. The van der Waals surface area contributed by atoms with Crippen LogP contribution < -0.4 is 16.0 Å². The van der Waals surface area contributed by atoms with Crippen LogP contribution in [0.2, 0.25) is 0 Å². The molecule has 5 rings (SSSR count). The highest BCUT2D eigenvalue weighted by Crippen LogP contribution is 2.68. The highest BCUT2D eigenvalue weighted by Gasteiger charge is 2.77. The van der Waals surface area contributed by atoms with Crippen molar-refractivity contribution in [3.63, 3.8) is 0 Å². The number of halogens is 2. The molecule has 0 unspecified atom stereocenters. The van der Waals surface area contributed by atoms with Crippen LogP contribution in [-0.4, -0.2) is 49.7 Å². The molecule has 4 aliphatic rings. The molecule has 3 saturated heterocycles. The Morgan fingerprint density at radius 3 is 2.43 bits per heavy atom. The standard InChI is InChI=1S/C20H25F2N3O3/c1-23-17(27)19-10-18(11-19,28-20(19)5-7-24-8-6-20)12-25-16(26)9-13-14(21)3-2-4-15(13)22/h2-4,24H,5-12H2,1H3,(H,23,27)(H,25,26). The number of amides is 2. The summed E-state index contributed by atoms with van der Waals surface area (Å²) in [6.07, 6.45) is 2.22. The summed E-state index contributed by atoms with van der Waals surface area (Å²) >= 11 is 0. The monoisotopic (exact) mass is 393 g/mol. The average Bonchev–Trinajstić information content (AvgIpc) is 3.07. The van der Waals surface area contributed by atoms with Gasteiger partial charge in [-0.25, -0.2) is 8.78 Å². The molecule has 3 heterocycles. The molecule has 0 radical (unpaired) electrons. The van der Waals surface area contributed by atoms with Crippen molar-refractivity contribution in [2.24, 2.45) is 5.41 Å². The molecule has 8 heteroatoms. The van der Waals surface area contributed by atoms with Crippen LogP contribution in [0.4, 0.5) is 8.78 Å². The van der Waals surface area contributed by atoms with Gasteiger partial charge in [0.15, 0.2) is 0 Å². The molecule has 1 saturated carbocycles. The molecule has 28 heavy (non-hydrogen) atoms. The summed E-state index contributed by atoms with van der Waals surface area (Å²) < 4.78 is 34.0. The van der Waals surface area contributed by atoms with Gasteiger partial charge >= 0.3 is 0 Å². The first kappa shape index (κ1) is 19.3. The molecule has 1 aromatic carbocycles. The molecule has 3 N–H and O–H groups in total. The second-order valence-electron chi connectivity index (χ2n) is 8.20. The second kappa shape index (κ2) is 6.77. The first-order chi connectivity index (χ1) is 13.4. The van der Waals surface area contributed by atoms with Crippen LogP contribution in [-0.2, 0) is 20.7 Å². The minimum absolute atomic E-state index is 0.0118. The van der Waals surface area contributed by atoms with Crippen molar-refractivity contribution >= 4 is 11.8 Å². The summed E-state index contributed by atoms with van der Waals surface area (Å²) in [5.74, 6) is -1.95. The minimum Gasteiger partial charge on any atom is -0.365 e. The third-order valence-corrected chi connectivity index (χ3v) is 6.61. The van der Waals surface area contributed by atoms with Crippen LogP contribution in [0.3, 0.4) is 0 Å². The third kappa shape index (κ3) is 2.81. The maximum absolute atomic E-state index is 13.8. The lowest BCUT2D eigenvalue weighted by molar-refractivity contribution is -0.140. The molecule has 2 bridgehead atoms. The Morgan fingerprint density at radius 2 is 1.82 bits per heavy atom. The largest absolute Gasteiger partial charge is 0.365 e.